The lowest BCUT2D eigenvalue weighted by molar-refractivity contribution is -0.0433. The molecular formula is C24H40O15. The molecule has 0 aromatic carbocycles. The smallest absolute Gasteiger partial charge is 0.450 e. The molecule has 0 aliphatic rings. The lowest BCUT2D eigenvalue weighted by Crippen LogP contribution is -2.29. The molecule has 0 aliphatic heterocycles. The Labute approximate surface area is 227 Å². The Morgan fingerprint density at radius 2 is 0.795 bits per heavy atom. The highest BCUT2D eigenvalue weighted by Gasteiger charge is 2.23. The van der Waals surface area contributed by atoms with Crippen molar-refractivity contribution in [3.63, 3.8) is 0 Å². The fourth-order valence-corrected chi connectivity index (χ4v) is 2.13. The van der Waals surface area contributed by atoms with E-state index < -0.39 is 55.2 Å². The molecule has 1 N–H and O–H groups in total. The van der Waals surface area contributed by atoms with Crippen LogP contribution in [-0.2, 0) is 42.6 Å². The number of carbonyl (C=O) groups is 5. The Morgan fingerprint density at radius 3 is 1.10 bits per heavy atom. The Morgan fingerprint density at radius 1 is 0.513 bits per heavy atom. The Kier molecular flexibility index (Phi) is 16.1. The van der Waals surface area contributed by atoms with Crippen LogP contribution in [0.15, 0.2) is 0 Å². The molecule has 0 rings (SSSR count). The van der Waals surface area contributed by atoms with Crippen molar-refractivity contribution < 1.29 is 71.7 Å². The maximum absolute atomic E-state index is 11.8. The van der Waals surface area contributed by atoms with Crippen molar-refractivity contribution in [1.82, 2.24) is 0 Å². The zero-order valence-corrected chi connectivity index (χ0v) is 23.6. The van der Waals surface area contributed by atoms with Gasteiger partial charge in [0.25, 0.3) is 0 Å². The average Bonchev–Trinajstić information content (AvgIpc) is 2.81. The molecule has 0 aliphatic carbocycles. The van der Waals surface area contributed by atoms with Crippen molar-refractivity contribution >= 4 is 30.8 Å². The molecule has 15 nitrogen and oxygen atoms in total. The van der Waals surface area contributed by atoms with Crippen LogP contribution < -0.4 is 0 Å². The average molecular weight is 569 g/mol. The fraction of sp³-hybridized carbons (Fsp3) is 0.792. The Hall–Kier alpha value is -3.65. The van der Waals surface area contributed by atoms with E-state index >= 15 is 0 Å². The summed E-state index contributed by atoms with van der Waals surface area (Å²) in [7, 11) is 0. The molecule has 5 unspecified atom stereocenters. The predicted molar refractivity (Wildman–Crippen MR) is 130 cm³/mol. The number of hydrogen-bond donors (Lipinski definition) is 1. The first-order valence-electron chi connectivity index (χ1n) is 12.2. The van der Waals surface area contributed by atoms with Gasteiger partial charge in [-0.1, -0.05) is 27.7 Å². The maximum atomic E-state index is 11.8. The third-order valence-corrected chi connectivity index (χ3v) is 4.87. The summed E-state index contributed by atoms with van der Waals surface area (Å²) in [5.74, 6) is 0.107. The molecule has 5 atom stereocenters. The van der Waals surface area contributed by atoms with E-state index in [0.717, 1.165) is 0 Å². The molecular weight excluding hydrogens is 528 g/mol. The molecule has 0 spiro atoms. The summed E-state index contributed by atoms with van der Waals surface area (Å²) in [4.78, 5) is 57.1. The predicted octanol–water partition coefficient (Wildman–Crippen LogP) is 4.53. The Balaban J connectivity index is 4.09. The number of ether oxygens (including phenoxy) is 9. The molecule has 0 heterocycles. The molecule has 39 heavy (non-hydrogen) atoms. The first kappa shape index (κ1) is 35.4. The van der Waals surface area contributed by atoms with Crippen molar-refractivity contribution in [3.8, 4) is 0 Å². The molecule has 226 valence electrons. The summed E-state index contributed by atoms with van der Waals surface area (Å²) in [5, 5.41) is 8.44. The summed E-state index contributed by atoms with van der Waals surface area (Å²) in [6.07, 6.45) is -9.21. The van der Waals surface area contributed by atoms with Gasteiger partial charge in [-0.2, -0.15) is 0 Å². The third kappa shape index (κ3) is 19.1. The normalized spacial score (nSPS) is 14.8. The first-order valence-corrected chi connectivity index (χ1v) is 12.2. The number of rotatable bonds is 14. The maximum Gasteiger partial charge on any atom is 0.508 e. The second-order valence-electron chi connectivity index (χ2n) is 9.80. The minimum atomic E-state index is -1.52. The van der Waals surface area contributed by atoms with Gasteiger partial charge in [0.15, 0.2) is 0 Å². The fourth-order valence-electron chi connectivity index (χ4n) is 2.13. The van der Waals surface area contributed by atoms with Gasteiger partial charge in [0.2, 0.25) is 0 Å². The molecule has 0 aromatic heterocycles. The number of carbonyl (C=O) groups excluding carboxylic acids is 4. The van der Waals surface area contributed by atoms with E-state index in [4.69, 9.17) is 38.3 Å². The molecule has 0 saturated heterocycles. The van der Waals surface area contributed by atoms with Gasteiger partial charge in [0.05, 0.1) is 6.61 Å². The summed E-state index contributed by atoms with van der Waals surface area (Å²) >= 11 is 0. The summed E-state index contributed by atoms with van der Waals surface area (Å²) in [5.41, 5.74) is -0.0413. The van der Waals surface area contributed by atoms with Gasteiger partial charge in [0, 0.05) is 0 Å². The quantitative estimate of drug-likeness (QED) is 0.227. The van der Waals surface area contributed by atoms with Gasteiger partial charge < -0.3 is 47.7 Å². The van der Waals surface area contributed by atoms with Crippen LogP contribution in [-0.4, -0.2) is 93.3 Å². The van der Waals surface area contributed by atoms with Gasteiger partial charge >= 0.3 is 30.8 Å². The van der Waals surface area contributed by atoms with E-state index in [1.165, 1.54) is 27.7 Å². The lowest BCUT2D eigenvalue weighted by Gasteiger charge is -2.26. The largest absolute Gasteiger partial charge is 0.508 e. The highest BCUT2D eigenvalue weighted by molar-refractivity contribution is 5.62. The van der Waals surface area contributed by atoms with Gasteiger partial charge in [0.1, 0.15) is 50.8 Å². The molecule has 0 bridgehead atoms. The standard InChI is InChI=1S/C24H40O15/c1-14(24(6,7)8)9-31-21(28)37-17(4)12-34-23(30)39-18(5)13-35-22(29)38-16(3)11-33-20(27)32-10-15(2)36-19(25)26/h14-18H,9-13H2,1-8H3,(H,25,26). The van der Waals surface area contributed by atoms with Crippen LogP contribution in [0.5, 0.6) is 0 Å². The van der Waals surface area contributed by atoms with Crippen LogP contribution in [0.3, 0.4) is 0 Å². The minimum absolute atomic E-state index is 0.0413. The van der Waals surface area contributed by atoms with Gasteiger partial charge in [-0.25, -0.2) is 24.0 Å². The number of hydrogen-bond acceptors (Lipinski definition) is 14. The summed E-state index contributed by atoms with van der Waals surface area (Å²) < 4.78 is 43.3. The van der Waals surface area contributed by atoms with E-state index in [2.05, 4.69) is 9.47 Å². The zero-order valence-electron chi connectivity index (χ0n) is 23.6. The minimum Gasteiger partial charge on any atom is -0.450 e. The van der Waals surface area contributed by atoms with Crippen molar-refractivity contribution in [2.75, 3.05) is 33.0 Å². The molecule has 0 amide bonds. The molecule has 0 saturated carbocycles. The van der Waals surface area contributed by atoms with Crippen LogP contribution >= 0.6 is 0 Å². The topological polar surface area (TPSA) is 189 Å². The lowest BCUT2D eigenvalue weighted by atomic mass is 9.83. The second kappa shape index (κ2) is 17.8. The zero-order chi connectivity index (χ0) is 30.2. The van der Waals surface area contributed by atoms with Crippen LogP contribution in [0.25, 0.3) is 0 Å². The monoisotopic (exact) mass is 568 g/mol. The van der Waals surface area contributed by atoms with Crippen LogP contribution in [0, 0.1) is 11.3 Å². The van der Waals surface area contributed by atoms with Gasteiger partial charge in [-0.3, -0.25) is 0 Å². The molecule has 0 aromatic rings. The van der Waals surface area contributed by atoms with Crippen LogP contribution in [0.2, 0.25) is 0 Å². The van der Waals surface area contributed by atoms with Gasteiger partial charge in [-0.15, -0.1) is 0 Å². The molecule has 15 heteroatoms. The number of carboxylic acid groups (broad SMARTS) is 1. The summed E-state index contributed by atoms with van der Waals surface area (Å²) in [6, 6.07) is 0. The van der Waals surface area contributed by atoms with E-state index in [9.17, 15) is 24.0 Å². The second-order valence-corrected chi connectivity index (χ2v) is 9.80. The van der Waals surface area contributed by atoms with E-state index in [-0.39, 0.29) is 44.4 Å². The van der Waals surface area contributed by atoms with Crippen molar-refractivity contribution in [3.05, 3.63) is 0 Å². The first-order chi connectivity index (χ1) is 18.0. The Bertz CT molecular complexity index is 791. The van der Waals surface area contributed by atoms with Crippen LogP contribution in [0.4, 0.5) is 24.0 Å². The molecule has 0 radical (unpaired) electrons. The van der Waals surface area contributed by atoms with E-state index in [1.807, 2.05) is 27.7 Å². The van der Waals surface area contributed by atoms with Crippen molar-refractivity contribution in [2.24, 2.45) is 11.3 Å². The highest BCUT2D eigenvalue weighted by atomic mass is 16.8. The van der Waals surface area contributed by atoms with Crippen molar-refractivity contribution in [1.29, 1.82) is 0 Å². The van der Waals surface area contributed by atoms with Crippen molar-refractivity contribution in [2.45, 2.75) is 79.8 Å². The summed E-state index contributed by atoms with van der Waals surface area (Å²) in [6.45, 7) is 12.5. The third-order valence-electron chi connectivity index (χ3n) is 4.87. The SMILES string of the molecule is CC(COC(=O)OCC(C)OC(=O)OCC(C)OC(=O)OCC(C)OC(=O)OCC(C)C(C)(C)C)OC(=O)O. The van der Waals surface area contributed by atoms with E-state index in [0.29, 0.717) is 0 Å². The molecule has 0 fully saturated rings. The van der Waals surface area contributed by atoms with Crippen LogP contribution in [0.1, 0.15) is 55.4 Å². The van der Waals surface area contributed by atoms with Gasteiger partial charge in [-0.05, 0) is 39.0 Å². The van der Waals surface area contributed by atoms with E-state index in [1.54, 1.807) is 0 Å². The highest BCUT2D eigenvalue weighted by Crippen LogP contribution is 2.25.